The number of imide groups is 1. The van der Waals surface area contributed by atoms with E-state index in [4.69, 9.17) is 32.7 Å². The van der Waals surface area contributed by atoms with E-state index >= 15 is 0 Å². The molecule has 3 atom stereocenters. The summed E-state index contributed by atoms with van der Waals surface area (Å²) in [6, 6.07) is 6.72. The second-order valence-corrected chi connectivity index (χ2v) is 12.3. The minimum absolute atomic E-state index is 0.00160. The van der Waals surface area contributed by atoms with Crippen molar-refractivity contribution in [2.24, 2.45) is 5.92 Å². The second kappa shape index (κ2) is 8.38. The molecule has 4 aliphatic heterocycles. The van der Waals surface area contributed by atoms with Gasteiger partial charge in [0, 0.05) is 19.0 Å². The molecule has 3 fully saturated rings. The quantitative estimate of drug-likeness (QED) is 0.498. The van der Waals surface area contributed by atoms with E-state index < -0.39 is 58.7 Å². The third kappa shape index (κ3) is 3.66. The number of hydrogen-bond donors (Lipinski definition) is 0. The number of benzene rings is 2. The molecule has 202 valence electrons. The lowest BCUT2D eigenvalue weighted by Crippen LogP contribution is -2.52. The molecule has 1 spiro atoms. The molecule has 0 saturated carbocycles. The monoisotopic (exact) mass is 591 g/mol. The molecule has 0 aliphatic carbocycles. The number of rotatable bonds is 4. The Bertz CT molecular complexity index is 1490. The van der Waals surface area contributed by atoms with Gasteiger partial charge in [-0.2, -0.15) is 17.5 Å². The van der Waals surface area contributed by atoms with Gasteiger partial charge in [-0.3, -0.25) is 9.69 Å². The zero-order valence-corrected chi connectivity index (χ0v) is 21.6. The molecule has 15 heteroatoms. The average Bonchev–Trinajstić information content (AvgIpc) is 3.57. The van der Waals surface area contributed by atoms with Gasteiger partial charge in [0.1, 0.15) is 12.1 Å². The van der Waals surface area contributed by atoms with E-state index in [1.54, 1.807) is 18.2 Å². The number of ether oxygens (including phenoxy) is 2. The normalized spacial score (nSPS) is 26.9. The Morgan fingerprint density at radius 3 is 2.47 bits per heavy atom. The Hall–Kier alpha value is -2.74. The molecule has 0 aromatic heterocycles. The average molecular weight is 592 g/mol. The summed E-state index contributed by atoms with van der Waals surface area (Å²) in [7, 11) is -4.22. The van der Waals surface area contributed by atoms with Gasteiger partial charge in [0.2, 0.25) is 16.8 Å². The fraction of sp³-hybridized carbons (Fsp3) is 0.391. The zero-order valence-electron chi connectivity index (χ0n) is 19.2. The number of hydrogen-bond acceptors (Lipinski definition) is 6. The van der Waals surface area contributed by atoms with Crippen molar-refractivity contribution in [1.29, 1.82) is 0 Å². The zero-order chi connectivity index (χ0) is 27.2. The van der Waals surface area contributed by atoms with Gasteiger partial charge >= 0.3 is 12.2 Å². The maximum Gasteiger partial charge on any atom is 0.406 e. The van der Waals surface area contributed by atoms with Crippen LogP contribution in [0.25, 0.3) is 0 Å². The number of halogens is 5. The summed E-state index contributed by atoms with van der Waals surface area (Å²) in [5.74, 6) is -0.948. The fourth-order valence-electron chi connectivity index (χ4n) is 5.85. The van der Waals surface area contributed by atoms with Gasteiger partial charge in [-0.05, 0) is 42.3 Å². The van der Waals surface area contributed by atoms with E-state index in [1.807, 2.05) is 0 Å². The number of carbonyl (C=O) groups excluding carboxylic acids is 2. The molecule has 9 nitrogen and oxygen atoms in total. The molecule has 2 aromatic rings. The van der Waals surface area contributed by atoms with Crippen molar-refractivity contribution in [3.05, 3.63) is 52.0 Å². The van der Waals surface area contributed by atoms with E-state index in [9.17, 15) is 31.2 Å². The van der Waals surface area contributed by atoms with Crippen molar-refractivity contribution in [2.75, 3.05) is 26.4 Å². The van der Waals surface area contributed by atoms with Crippen molar-refractivity contribution in [3.8, 4) is 11.5 Å². The smallest absolute Gasteiger partial charge is 0.406 e. The van der Waals surface area contributed by atoms with Crippen molar-refractivity contribution in [1.82, 2.24) is 14.1 Å². The van der Waals surface area contributed by atoms with Crippen LogP contribution in [0.3, 0.4) is 0 Å². The van der Waals surface area contributed by atoms with Crippen molar-refractivity contribution in [2.45, 2.75) is 29.1 Å². The largest absolute Gasteiger partial charge is 0.454 e. The maximum atomic E-state index is 13.6. The molecule has 2 aromatic carbocycles. The summed E-state index contributed by atoms with van der Waals surface area (Å²) in [6.07, 6.45) is -4.68. The lowest BCUT2D eigenvalue weighted by molar-refractivity contribution is -0.155. The van der Waals surface area contributed by atoms with Crippen LogP contribution in [0.2, 0.25) is 10.0 Å². The van der Waals surface area contributed by atoms with Gasteiger partial charge in [-0.25, -0.2) is 13.2 Å². The Kier molecular flexibility index (Phi) is 5.63. The predicted molar refractivity (Wildman–Crippen MR) is 126 cm³/mol. The van der Waals surface area contributed by atoms with Crippen LogP contribution in [0, 0.1) is 5.92 Å². The third-order valence-corrected chi connectivity index (χ3v) is 10.0. The Balaban J connectivity index is 1.41. The van der Waals surface area contributed by atoms with Crippen molar-refractivity contribution < 1.29 is 40.7 Å². The molecule has 0 bridgehead atoms. The lowest BCUT2D eigenvalue weighted by atomic mass is 9.87. The molecule has 38 heavy (non-hydrogen) atoms. The molecule has 0 unspecified atom stereocenters. The first kappa shape index (κ1) is 25.5. The molecular formula is C23H18Cl2F3N3O6S. The summed E-state index contributed by atoms with van der Waals surface area (Å²) in [6.45, 7) is -2.46. The molecule has 0 N–H and O–H groups in total. The van der Waals surface area contributed by atoms with Crippen LogP contribution in [0.5, 0.6) is 11.5 Å². The molecule has 3 amide bonds. The molecule has 6 rings (SSSR count). The van der Waals surface area contributed by atoms with Crippen LogP contribution < -0.4 is 9.47 Å². The van der Waals surface area contributed by atoms with Crippen molar-refractivity contribution in [3.63, 3.8) is 0 Å². The first-order valence-corrected chi connectivity index (χ1v) is 13.6. The van der Waals surface area contributed by atoms with Gasteiger partial charge in [-0.15, -0.1) is 0 Å². The van der Waals surface area contributed by atoms with Crippen LogP contribution in [0.1, 0.15) is 18.0 Å². The van der Waals surface area contributed by atoms with E-state index in [2.05, 4.69) is 0 Å². The maximum absolute atomic E-state index is 13.6. The van der Waals surface area contributed by atoms with Gasteiger partial charge in [0.25, 0.3) is 5.91 Å². The minimum Gasteiger partial charge on any atom is -0.454 e. The highest BCUT2D eigenvalue weighted by molar-refractivity contribution is 7.89. The van der Waals surface area contributed by atoms with Crippen LogP contribution >= 0.6 is 23.2 Å². The second-order valence-electron chi connectivity index (χ2n) is 9.52. The summed E-state index contributed by atoms with van der Waals surface area (Å²) in [5, 5.41) is 0.137. The number of sulfonamides is 1. The summed E-state index contributed by atoms with van der Waals surface area (Å²) in [5.41, 5.74) is -1.26. The van der Waals surface area contributed by atoms with Crippen LogP contribution in [-0.4, -0.2) is 72.6 Å². The minimum atomic E-state index is -4.84. The first-order valence-electron chi connectivity index (χ1n) is 11.4. The number of amides is 3. The first-order chi connectivity index (χ1) is 17.8. The lowest BCUT2D eigenvalue weighted by Gasteiger charge is -2.31. The van der Waals surface area contributed by atoms with Crippen LogP contribution in [0.15, 0.2) is 41.3 Å². The standard InChI is InChI=1S/C23H18Cl2F3N3O6S/c24-15-3-2-14(7-16(15)25)38(34,35)29-8-13-6-17(12-1-4-18-19(5-12)37-11-36-18)31-21(33)30(10-23(26,27)28)20(32)22(13,31)9-29/h1-5,7,13,17H,6,8-11H2/t13-,17-,22+/m0/s1. The van der Waals surface area contributed by atoms with E-state index in [0.717, 1.165) is 15.3 Å². The molecule has 4 aliphatic rings. The van der Waals surface area contributed by atoms with E-state index in [0.29, 0.717) is 17.1 Å². The number of urea groups is 1. The number of carbonyl (C=O) groups is 2. The van der Waals surface area contributed by atoms with Gasteiger partial charge < -0.3 is 14.4 Å². The Morgan fingerprint density at radius 2 is 1.76 bits per heavy atom. The van der Waals surface area contributed by atoms with E-state index in [-0.39, 0.29) is 39.6 Å². The molecule has 0 radical (unpaired) electrons. The Labute approximate surface area is 224 Å². The van der Waals surface area contributed by atoms with E-state index in [1.165, 1.54) is 12.1 Å². The van der Waals surface area contributed by atoms with Crippen LogP contribution in [-0.2, 0) is 14.8 Å². The van der Waals surface area contributed by atoms with Crippen LogP contribution in [0.4, 0.5) is 18.0 Å². The third-order valence-electron chi connectivity index (χ3n) is 7.47. The molecule has 4 heterocycles. The summed E-state index contributed by atoms with van der Waals surface area (Å²) in [4.78, 5) is 28.1. The number of nitrogens with zero attached hydrogens (tertiary/aromatic N) is 3. The van der Waals surface area contributed by atoms with Crippen molar-refractivity contribution >= 4 is 45.2 Å². The summed E-state index contributed by atoms with van der Waals surface area (Å²) >= 11 is 11.9. The molecular weight excluding hydrogens is 574 g/mol. The highest BCUT2D eigenvalue weighted by atomic mass is 35.5. The SMILES string of the molecule is O=C1N(CC(F)(F)F)C(=O)[C@@]23CN(S(=O)(=O)c4ccc(Cl)c(Cl)c4)C[C@@H]2C[C@@H](c2ccc4c(c2)OCO4)N13. The van der Waals surface area contributed by atoms with Gasteiger partial charge in [-0.1, -0.05) is 29.3 Å². The molecule has 3 saturated heterocycles. The fourth-order valence-corrected chi connectivity index (χ4v) is 7.76. The highest BCUT2D eigenvalue weighted by Crippen LogP contribution is 2.56. The van der Waals surface area contributed by atoms with Gasteiger partial charge in [0.15, 0.2) is 11.5 Å². The van der Waals surface area contributed by atoms with Gasteiger partial charge in [0.05, 0.1) is 21.0 Å². The summed E-state index contributed by atoms with van der Waals surface area (Å²) < 4.78 is 78.8. The number of fused-ring (bicyclic) bond motifs is 1. The predicted octanol–water partition coefficient (Wildman–Crippen LogP) is 4.05. The Morgan fingerprint density at radius 1 is 1.03 bits per heavy atom. The number of alkyl halides is 3. The highest BCUT2D eigenvalue weighted by Gasteiger charge is 2.72. The topological polar surface area (TPSA) is 96.5 Å².